The van der Waals surface area contributed by atoms with Crippen LogP contribution in [0.1, 0.15) is 68.4 Å². The van der Waals surface area contributed by atoms with Crippen LogP contribution in [-0.4, -0.2) is 109 Å². The van der Waals surface area contributed by atoms with E-state index in [1.54, 1.807) is 31.1 Å². The topological polar surface area (TPSA) is 134 Å². The Morgan fingerprint density at radius 1 is 0.632 bits per heavy atom. The maximum atomic E-state index is 14.6. The minimum Gasteiger partial charge on any atom is -0.508 e. The molecule has 0 fully saturated rings. The number of Topliss-reactive ketones (excluding diaryl/α,β-unsaturated/α-hetero) is 1. The summed E-state index contributed by atoms with van der Waals surface area (Å²) in [6, 6.07) is 19.2. The summed E-state index contributed by atoms with van der Waals surface area (Å²) >= 11 is 0. The number of hydrogen-bond donors (Lipinski definition) is 1. The third-order valence-corrected chi connectivity index (χ3v) is 11.0. The molecule has 0 aromatic heterocycles. The predicted molar refractivity (Wildman–Crippen MR) is 221 cm³/mol. The van der Waals surface area contributed by atoms with Gasteiger partial charge < -0.3 is 24.4 Å². The number of ketones is 1. The van der Waals surface area contributed by atoms with Gasteiger partial charge in [0, 0.05) is 45.2 Å². The van der Waals surface area contributed by atoms with Crippen molar-refractivity contribution >= 4 is 29.5 Å². The maximum absolute atomic E-state index is 14.6. The van der Waals surface area contributed by atoms with Crippen molar-refractivity contribution in [2.45, 2.75) is 97.9 Å². The predicted octanol–water partition coefficient (Wildman–Crippen LogP) is 5.98. The average molecular weight is 786 g/mol. The van der Waals surface area contributed by atoms with Crippen molar-refractivity contribution in [1.82, 2.24) is 14.7 Å². The van der Waals surface area contributed by atoms with E-state index >= 15 is 0 Å². The number of aromatic hydroxyl groups is 1. The zero-order valence-corrected chi connectivity index (χ0v) is 35.7. The molecule has 0 aliphatic rings. The summed E-state index contributed by atoms with van der Waals surface area (Å²) < 4.78 is 11.2. The molecule has 11 heteroatoms. The maximum Gasteiger partial charge on any atom is 0.328 e. The molecule has 3 aromatic carbocycles. The van der Waals surface area contributed by atoms with Gasteiger partial charge in [-0.1, -0.05) is 99.5 Å². The molecule has 0 aliphatic heterocycles. The van der Waals surface area contributed by atoms with Gasteiger partial charge in [-0.15, -0.1) is 0 Å². The Morgan fingerprint density at radius 2 is 1.07 bits per heavy atom. The Labute approximate surface area is 339 Å². The van der Waals surface area contributed by atoms with Gasteiger partial charge in [0.1, 0.15) is 23.9 Å². The van der Waals surface area contributed by atoms with E-state index in [0.717, 1.165) is 22.3 Å². The highest BCUT2D eigenvalue weighted by Gasteiger charge is 2.40. The van der Waals surface area contributed by atoms with E-state index in [1.807, 2.05) is 90.1 Å². The third kappa shape index (κ3) is 13.0. The number of phenols is 1. The molecule has 0 aliphatic carbocycles. The lowest BCUT2D eigenvalue weighted by molar-refractivity contribution is -0.163. The van der Waals surface area contributed by atoms with Crippen LogP contribution in [0.2, 0.25) is 0 Å². The molecule has 0 unspecified atom stereocenters. The number of esters is 2. The molecule has 0 radical (unpaired) electrons. The standard InChI is InChI=1S/C46H63N3O8/c1-12-32(6)42(57-46(55)39(47(7)8)26-33-17-13-30(4)14-18-33)41(51)28-37(29(2)3)43(52)48(9)38(25-35-21-23-36(50)24-22-35)44(53)49(10)40(45(54)56-11)27-34-19-15-31(5)16-20-34/h13-24,29,32,37-40,42,50H,12,25-28H2,1-11H3/t32-,37-,38-,39-,40-,42+/m0/s1. The SMILES string of the molecule is CC[C@H](C)[C@@H](OC(=O)[C@H](Cc1ccc(C)cc1)N(C)C)C(=O)C[C@H](C(=O)N(C)[C@@H](Cc1ccc(O)cc1)C(=O)N(C)[C@@H](Cc1ccc(C)cc1)C(=O)OC)C(C)C. The molecule has 0 spiro atoms. The van der Waals surface area contributed by atoms with Crippen molar-refractivity contribution in [3.05, 3.63) is 101 Å². The average Bonchev–Trinajstić information content (AvgIpc) is 3.19. The molecule has 2 amide bonds. The molecular formula is C46H63N3O8. The van der Waals surface area contributed by atoms with Gasteiger partial charge in [0.05, 0.1) is 7.11 Å². The molecule has 310 valence electrons. The van der Waals surface area contributed by atoms with Crippen molar-refractivity contribution in [2.75, 3.05) is 35.3 Å². The third-order valence-electron chi connectivity index (χ3n) is 11.0. The van der Waals surface area contributed by atoms with Gasteiger partial charge in [-0.3, -0.25) is 24.1 Å². The van der Waals surface area contributed by atoms with Crippen LogP contribution in [0, 0.1) is 31.6 Å². The van der Waals surface area contributed by atoms with Crippen LogP contribution in [0.4, 0.5) is 0 Å². The first-order chi connectivity index (χ1) is 26.9. The highest BCUT2D eigenvalue weighted by molar-refractivity contribution is 5.94. The molecule has 0 saturated carbocycles. The van der Waals surface area contributed by atoms with Crippen molar-refractivity contribution in [2.24, 2.45) is 17.8 Å². The fourth-order valence-electron chi connectivity index (χ4n) is 6.79. The van der Waals surface area contributed by atoms with Gasteiger partial charge in [0.25, 0.3) is 0 Å². The first kappa shape index (κ1) is 46.4. The highest BCUT2D eigenvalue weighted by atomic mass is 16.5. The molecule has 0 saturated heterocycles. The number of aryl methyl sites for hydroxylation is 2. The number of carbonyl (C=O) groups is 5. The van der Waals surface area contributed by atoms with Gasteiger partial charge in [-0.2, -0.15) is 0 Å². The van der Waals surface area contributed by atoms with Gasteiger partial charge in [0.2, 0.25) is 11.8 Å². The molecule has 6 atom stereocenters. The van der Waals surface area contributed by atoms with E-state index in [0.29, 0.717) is 18.4 Å². The van der Waals surface area contributed by atoms with Gasteiger partial charge in [-0.05, 0) is 75.5 Å². The molecule has 3 aromatic rings. The molecule has 3 rings (SSSR count). The monoisotopic (exact) mass is 785 g/mol. The summed E-state index contributed by atoms with van der Waals surface area (Å²) in [5, 5.41) is 9.95. The van der Waals surface area contributed by atoms with Crippen LogP contribution < -0.4 is 0 Å². The van der Waals surface area contributed by atoms with Crippen LogP contribution in [0.3, 0.4) is 0 Å². The van der Waals surface area contributed by atoms with E-state index in [9.17, 15) is 29.1 Å². The Kier molecular flexibility index (Phi) is 17.5. The summed E-state index contributed by atoms with van der Waals surface area (Å²) in [5.41, 5.74) is 4.63. The normalized spacial score (nSPS) is 14.5. The lowest BCUT2D eigenvalue weighted by atomic mass is 9.85. The number of carbonyl (C=O) groups excluding carboxylic acids is 5. The van der Waals surface area contributed by atoms with Crippen LogP contribution in [0.5, 0.6) is 5.75 Å². The summed E-state index contributed by atoms with van der Waals surface area (Å²) in [5.74, 6) is -3.85. The number of benzene rings is 3. The second kappa shape index (κ2) is 21.5. The summed E-state index contributed by atoms with van der Waals surface area (Å²) in [6.45, 7) is 11.4. The van der Waals surface area contributed by atoms with Crippen LogP contribution >= 0.6 is 0 Å². The fourth-order valence-corrected chi connectivity index (χ4v) is 6.79. The van der Waals surface area contributed by atoms with E-state index in [-0.39, 0.29) is 42.6 Å². The summed E-state index contributed by atoms with van der Waals surface area (Å²) in [6.07, 6.45) is -0.0562. The summed E-state index contributed by atoms with van der Waals surface area (Å²) in [7, 11) is 7.92. The molecule has 0 bridgehead atoms. The Morgan fingerprint density at radius 3 is 1.51 bits per heavy atom. The quantitative estimate of drug-likeness (QED) is 0.137. The van der Waals surface area contributed by atoms with Gasteiger partial charge in [0.15, 0.2) is 11.9 Å². The zero-order valence-electron chi connectivity index (χ0n) is 35.7. The van der Waals surface area contributed by atoms with E-state index < -0.39 is 53.9 Å². The Hall–Kier alpha value is -5.03. The van der Waals surface area contributed by atoms with E-state index in [4.69, 9.17) is 9.47 Å². The number of phenolic OH excluding ortho intramolecular Hbond substituents is 1. The second-order valence-corrected chi connectivity index (χ2v) is 15.9. The van der Waals surface area contributed by atoms with Gasteiger partial charge >= 0.3 is 11.9 Å². The van der Waals surface area contributed by atoms with E-state index in [1.165, 1.54) is 43.1 Å². The molecule has 0 heterocycles. The molecule has 1 N–H and O–H groups in total. The van der Waals surface area contributed by atoms with Crippen LogP contribution in [0.15, 0.2) is 72.8 Å². The first-order valence-corrected chi connectivity index (χ1v) is 19.8. The lowest BCUT2D eigenvalue weighted by Gasteiger charge is -2.36. The lowest BCUT2D eigenvalue weighted by Crippen LogP contribution is -2.55. The minimum absolute atomic E-state index is 0.0500. The minimum atomic E-state index is -1.08. The van der Waals surface area contributed by atoms with Crippen molar-refractivity contribution < 1.29 is 38.6 Å². The molecule has 11 nitrogen and oxygen atoms in total. The van der Waals surface area contributed by atoms with Crippen molar-refractivity contribution in [1.29, 1.82) is 0 Å². The van der Waals surface area contributed by atoms with E-state index in [2.05, 4.69) is 0 Å². The van der Waals surface area contributed by atoms with Crippen LogP contribution in [0.25, 0.3) is 0 Å². The van der Waals surface area contributed by atoms with Gasteiger partial charge in [-0.25, -0.2) is 4.79 Å². The fraction of sp³-hybridized carbons (Fsp3) is 0.500. The number of likely N-dealkylation sites (N-methyl/N-ethyl adjacent to an activating group) is 3. The Bertz CT molecular complexity index is 1790. The number of rotatable bonds is 20. The highest BCUT2D eigenvalue weighted by Crippen LogP contribution is 2.26. The first-order valence-electron chi connectivity index (χ1n) is 19.8. The molecular weight excluding hydrogens is 723 g/mol. The number of methoxy groups -OCH3 is 1. The molecule has 57 heavy (non-hydrogen) atoms. The number of ether oxygens (including phenoxy) is 2. The summed E-state index contributed by atoms with van der Waals surface area (Å²) in [4.78, 5) is 74.7. The largest absolute Gasteiger partial charge is 0.508 e. The Balaban J connectivity index is 1.93. The van der Waals surface area contributed by atoms with Crippen LogP contribution in [-0.2, 0) is 52.7 Å². The zero-order chi connectivity index (χ0) is 42.6. The second-order valence-electron chi connectivity index (χ2n) is 15.9. The van der Waals surface area contributed by atoms with Crippen molar-refractivity contribution in [3.8, 4) is 5.75 Å². The van der Waals surface area contributed by atoms with Crippen molar-refractivity contribution in [3.63, 3.8) is 0 Å². The smallest absolute Gasteiger partial charge is 0.328 e. The number of hydrogen-bond acceptors (Lipinski definition) is 9. The number of amides is 2. The number of nitrogens with zero attached hydrogens (tertiary/aromatic N) is 3.